The van der Waals surface area contributed by atoms with Crippen LogP contribution in [-0.2, 0) is 12.8 Å². The van der Waals surface area contributed by atoms with E-state index in [1.54, 1.807) is 6.92 Å². The van der Waals surface area contributed by atoms with Crippen molar-refractivity contribution >= 4 is 45.4 Å². The summed E-state index contributed by atoms with van der Waals surface area (Å²) in [5, 5.41) is 19.3. The van der Waals surface area contributed by atoms with E-state index in [-0.39, 0.29) is 28.7 Å². The first-order valence-corrected chi connectivity index (χ1v) is 9.95. The maximum Gasteiger partial charge on any atom is 0.311 e. The van der Waals surface area contributed by atoms with Crippen LogP contribution in [-0.4, -0.2) is 22.5 Å². The lowest BCUT2D eigenvalue weighted by molar-refractivity contribution is -0.385. The van der Waals surface area contributed by atoms with Crippen molar-refractivity contribution in [1.82, 2.24) is 5.32 Å². The van der Waals surface area contributed by atoms with Gasteiger partial charge in [0, 0.05) is 22.7 Å². The molecule has 0 aromatic heterocycles. The fourth-order valence-corrected chi connectivity index (χ4v) is 3.97. The first kappa shape index (κ1) is 19.8. The van der Waals surface area contributed by atoms with Crippen LogP contribution in [0.3, 0.4) is 0 Å². The van der Waals surface area contributed by atoms with E-state index in [4.69, 9.17) is 17.0 Å². The number of ether oxygens (including phenoxy) is 1. The van der Waals surface area contributed by atoms with Crippen LogP contribution < -0.4 is 15.4 Å². The van der Waals surface area contributed by atoms with Gasteiger partial charge in [0.1, 0.15) is 0 Å². The standard InChI is InChI=1S/C22H19N3O4S/c1-2-29-19-11-9-15(12-18(19)25(27)28)21(26)24-22(30)23-17-10-8-14-7-6-13-4-3-5-16(17)20(13)14/h3-5,8-12H,2,6-7H2,1H3,(H2,23,24,26,30). The Labute approximate surface area is 178 Å². The molecule has 30 heavy (non-hydrogen) atoms. The lowest BCUT2D eigenvalue weighted by atomic mass is 10.0. The Bertz CT molecular complexity index is 1180. The highest BCUT2D eigenvalue weighted by Crippen LogP contribution is 2.35. The monoisotopic (exact) mass is 421 g/mol. The second kappa shape index (κ2) is 8.08. The van der Waals surface area contributed by atoms with Gasteiger partial charge in [0.25, 0.3) is 5.91 Å². The molecule has 2 N–H and O–H groups in total. The average molecular weight is 421 g/mol. The second-order valence-electron chi connectivity index (χ2n) is 6.89. The minimum Gasteiger partial charge on any atom is -0.487 e. The SMILES string of the molecule is CCOc1ccc(C(=O)NC(=S)Nc2ccc3c4c(cccc24)CC3)cc1[N+](=O)[O-]. The summed E-state index contributed by atoms with van der Waals surface area (Å²) >= 11 is 5.31. The molecule has 0 heterocycles. The van der Waals surface area contributed by atoms with Crippen molar-refractivity contribution in [2.75, 3.05) is 11.9 Å². The molecule has 1 aliphatic carbocycles. The number of aryl methyl sites for hydroxylation is 2. The number of carbonyl (C=O) groups excluding carboxylic acids is 1. The van der Waals surface area contributed by atoms with Crippen molar-refractivity contribution in [2.24, 2.45) is 0 Å². The zero-order chi connectivity index (χ0) is 21.3. The molecule has 0 radical (unpaired) electrons. The van der Waals surface area contributed by atoms with Crippen molar-refractivity contribution in [1.29, 1.82) is 0 Å². The smallest absolute Gasteiger partial charge is 0.311 e. The quantitative estimate of drug-likeness (QED) is 0.361. The number of hydrogen-bond acceptors (Lipinski definition) is 5. The molecule has 1 aliphatic rings. The topological polar surface area (TPSA) is 93.5 Å². The molecule has 3 aromatic rings. The van der Waals surface area contributed by atoms with Gasteiger partial charge in [-0.3, -0.25) is 20.2 Å². The molecule has 0 atom stereocenters. The average Bonchev–Trinajstić information content (AvgIpc) is 3.15. The summed E-state index contributed by atoms with van der Waals surface area (Å²) in [6, 6.07) is 14.2. The van der Waals surface area contributed by atoms with Crippen LogP contribution in [0.2, 0.25) is 0 Å². The maximum absolute atomic E-state index is 12.6. The highest BCUT2D eigenvalue weighted by molar-refractivity contribution is 7.80. The van der Waals surface area contributed by atoms with Crippen LogP contribution in [0, 0.1) is 10.1 Å². The fraction of sp³-hybridized carbons (Fsp3) is 0.182. The summed E-state index contributed by atoms with van der Waals surface area (Å²) in [7, 11) is 0. The van der Waals surface area contributed by atoms with E-state index in [9.17, 15) is 14.9 Å². The number of nitrogens with zero attached hydrogens (tertiary/aromatic N) is 1. The van der Waals surface area contributed by atoms with Gasteiger partial charge in [-0.2, -0.15) is 0 Å². The maximum atomic E-state index is 12.6. The van der Waals surface area contributed by atoms with E-state index in [0.29, 0.717) is 0 Å². The molecule has 8 heteroatoms. The van der Waals surface area contributed by atoms with Crippen molar-refractivity contribution < 1.29 is 14.5 Å². The zero-order valence-corrected chi connectivity index (χ0v) is 17.0. The third-order valence-electron chi connectivity index (χ3n) is 5.07. The Balaban J connectivity index is 1.53. The van der Waals surface area contributed by atoms with Gasteiger partial charge in [0.2, 0.25) is 0 Å². The van der Waals surface area contributed by atoms with Crippen molar-refractivity contribution in [2.45, 2.75) is 19.8 Å². The summed E-state index contributed by atoms with van der Waals surface area (Å²) < 4.78 is 5.25. The van der Waals surface area contributed by atoms with Gasteiger partial charge in [-0.25, -0.2) is 0 Å². The first-order valence-electron chi connectivity index (χ1n) is 9.55. The highest BCUT2D eigenvalue weighted by atomic mass is 32.1. The van der Waals surface area contributed by atoms with Gasteiger partial charge in [0.15, 0.2) is 10.9 Å². The Kier molecular flexibility index (Phi) is 5.33. The van der Waals surface area contributed by atoms with E-state index >= 15 is 0 Å². The van der Waals surface area contributed by atoms with Gasteiger partial charge in [-0.05, 0) is 66.7 Å². The number of amides is 1. The third-order valence-corrected chi connectivity index (χ3v) is 5.27. The second-order valence-corrected chi connectivity index (χ2v) is 7.30. The number of anilines is 1. The fourth-order valence-electron chi connectivity index (χ4n) is 3.76. The van der Waals surface area contributed by atoms with Gasteiger partial charge in [-0.1, -0.05) is 24.3 Å². The van der Waals surface area contributed by atoms with Crippen molar-refractivity contribution in [3.63, 3.8) is 0 Å². The molecule has 0 saturated heterocycles. The predicted molar refractivity (Wildman–Crippen MR) is 119 cm³/mol. The van der Waals surface area contributed by atoms with Crippen LogP contribution in [0.5, 0.6) is 5.75 Å². The lowest BCUT2D eigenvalue weighted by Crippen LogP contribution is -2.34. The Morgan fingerprint density at radius 1 is 1.17 bits per heavy atom. The highest BCUT2D eigenvalue weighted by Gasteiger charge is 2.20. The lowest BCUT2D eigenvalue weighted by Gasteiger charge is -2.13. The number of nitro benzene ring substituents is 1. The number of carbonyl (C=O) groups is 1. The van der Waals surface area contributed by atoms with Crippen LogP contribution in [0.25, 0.3) is 10.8 Å². The minimum absolute atomic E-state index is 0.118. The molecule has 0 aliphatic heterocycles. The summed E-state index contributed by atoms with van der Waals surface area (Å²) in [5.74, 6) is -0.419. The molecule has 0 fully saturated rings. The molecule has 0 saturated carbocycles. The zero-order valence-electron chi connectivity index (χ0n) is 16.2. The van der Waals surface area contributed by atoms with E-state index in [0.717, 1.165) is 23.9 Å². The number of thiocarbonyl (C=S) groups is 1. The molecule has 3 aromatic carbocycles. The summed E-state index contributed by atoms with van der Waals surface area (Å²) in [5.41, 5.74) is 3.27. The molecular weight excluding hydrogens is 402 g/mol. The third kappa shape index (κ3) is 3.69. The van der Waals surface area contributed by atoms with Crippen LogP contribution >= 0.6 is 12.2 Å². The van der Waals surface area contributed by atoms with E-state index in [2.05, 4.69) is 22.8 Å². The Morgan fingerprint density at radius 2 is 1.93 bits per heavy atom. The molecular formula is C22H19N3O4S. The largest absolute Gasteiger partial charge is 0.487 e. The minimum atomic E-state index is -0.578. The molecule has 0 bridgehead atoms. The molecule has 0 spiro atoms. The van der Waals surface area contributed by atoms with Crippen LogP contribution in [0.1, 0.15) is 28.4 Å². The summed E-state index contributed by atoms with van der Waals surface area (Å²) in [6.07, 6.45) is 2.04. The van der Waals surface area contributed by atoms with Gasteiger partial charge < -0.3 is 10.1 Å². The van der Waals surface area contributed by atoms with Crippen molar-refractivity contribution in [3.05, 3.63) is 75.3 Å². The number of hydrogen-bond donors (Lipinski definition) is 2. The number of rotatable bonds is 5. The molecule has 0 unspecified atom stereocenters. The van der Waals surface area contributed by atoms with Crippen LogP contribution in [0.4, 0.5) is 11.4 Å². The molecule has 152 valence electrons. The summed E-state index contributed by atoms with van der Waals surface area (Å²) in [4.78, 5) is 23.3. The van der Waals surface area contributed by atoms with E-state index in [1.165, 1.54) is 34.7 Å². The first-order chi connectivity index (χ1) is 14.5. The molecule has 7 nitrogen and oxygen atoms in total. The van der Waals surface area contributed by atoms with Gasteiger partial charge >= 0.3 is 5.69 Å². The van der Waals surface area contributed by atoms with Crippen LogP contribution in [0.15, 0.2) is 48.5 Å². The number of benzene rings is 3. The normalized spacial score (nSPS) is 11.9. The Hall–Kier alpha value is -3.52. The summed E-state index contributed by atoms with van der Waals surface area (Å²) in [6.45, 7) is 2.02. The molecule has 4 rings (SSSR count). The van der Waals surface area contributed by atoms with E-state index < -0.39 is 10.8 Å². The van der Waals surface area contributed by atoms with Gasteiger partial charge in [-0.15, -0.1) is 0 Å². The molecule has 1 amide bonds. The predicted octanol–water partition coefficient (Wildman–Crippen LogP) is 4.37. The number of nitrogens with one attached hydrogen (secondary N) is 2. The number of nitro groups is 1. The van der Waals surface area contributed by atoms with Gasteiger partial charge in [0.05, 0.1) is 11.5 Å². The van der Waals surface area contributed by atoms with Crippen molar-refractivity contribution in [3.8, 4) is 5.75 Å². The Morgan fingerprint density at radius 3 is 2.67 bits per heavy atom. The van der Waals surface area contributed by atoms with E-state index in [1.807, 2.05) is 18.2 Å².